The van der Waals surface area contributed by atoms with Crippen LogP contribution in [-0.4, -0.2) is 47.7 Å². The number of carbonyl (C=O) groups is 2. The van der Waals surface area contributed by atoms with Crippen LogP contribution < -0.4 is 16.2 Å². The average molecular weight is 296 g/mol. The predicted molar refractivity (Wildman–Crippen MR) is 74.1 cm³/mol. The monoisotopic (exact) mass is 296 g/mol. The molecule has 4 N–H and O–H groups in total. The maximum Gasteiger partial charge on any atom is 0.404 e. The fourth-order valence-corrected chi connectivity index (χ4v) is 2.34. The summed E-state index contributed by atoms with van der Waals surface area (Å²) in [5.41, 5.74) is 5.79. The lowest BCUT2D eigenvalue weighted by Crippen LogP contribution is -2.43. The normalized spacial score (nSPS) is 21.8. The summed E-state index contributed by atoms with van der Waals surface area (Å²) in [6.45, 7) is 0.473. The van der Waals surface area contributed by atoms with E-state index in [9.17, 15) is 14.0 Å². The second-order valence-corrected chi connectivity index (χ2v) is 4.96. The fraction of sp³-hybridized carbons (Fsp3) is 0.385. The number of rotatable bonds is 4. The molecule has 7 nitrogen and oxygen atoms in total. The van der Waals surface area contributed by atoms with Gasteiger partial charge in [0, 0.05) is 12.6 Å². The summed E-state index contributed by atoms with van der Waals surface area (Å²) in [5, 5.41) is 11.1. The van der Waals surface area contributed by atoms with Crippen LogP contribution in [0.2, 0.25) is 0 Å². The van der Waals surface area contributed by atoms with Crippen LogP contribution in [-0.2, 0) is 4.79 Å². The van der Waals surface area contributed by atoms with Gasteiger partial charge in [0.05, 0.1) is 11.7 Å². The van der Waals surface area contributed by atoms with E-state index in [1.54, 1.807) is 11.9 Å². The van der Waals surface area contributed by atoms with Crippen molar-refractivity contribution >= 4 is 17.7 Å². The van der Waals surface area contributed by atoms with E-state index in [-0.39, 0.29) is 17.8 Å². The summed E-state index contributed by atoms with van der Waals surface area (Å²) in [6.07, 6.45) is -0.696. The molecule has 1 aliphatic heterocycles. The van der Waals surface area contributed by atoms with Gasteiger partial charge in [-0.25, -0.2) is 9.18 Å². The summed E-state index contributed by atoms with van der Waals surface area (Å²) in [5.74, 6) is -0.624. The van der Waals surface area contributed by atoms with Gasteiger partial charge in [0.2, 0.25) is 0 Å². The minimum Gasteiger partial charge on any atom is -0.465 e. The van der Waals surface area contributed by atoms with E-state index in [4.69, 9.17) is 5.11 Å². The molecule has 2 atom stereocenters. The molecule has 1 aromatic carbocycles. The number of anilines is 1. The molecule has 0 radical (unpaired) electrons. The van der Waals surface area contributed by atoms with E-state index >= 15 is 0 Å². The molecule has 1 fully saturated rings. The van der Waals surface area contributed by atoms with Crippen molar-refractivity contribution in [1.82, 2.24) is 15.6 Å². The zero-order valence-electron chi connectivity index (χ0n) is 11.5. The molecule has 21 heavy (non-hydrogen) atoms. The third kappa shape index (κ3) is 4.06. The highest BCUT2D eigenvalue weighted by atomic mass is 19.1. The summed E-state index contributed by atoms with van der Waals surface area (Å²) >= 11 is 0. The standard InChI is InChI=1S/C13H17FN4O3/c1-18-7-10(15-13(20)21)6-11(18)12(19)17-16-9-4-2-8(14)3-5-9/h2-5,10-11,15-16H,6-7H2,1H3,(H,17,19)(H,20,21). The van der Waals surface area contributed by atoms with Crippen LogP contribution in [0.4, 0.5) is 14.9 Å². The summed E-state index contributed by atoms with van der Waals surface area (Å²) < 4.78 is 12.8. The molecule has 1 heterocycles. The third-order valence-corrected chi connectivity index (χ3v) is 3.35. The first-order valence-corrected chi connectivity index (χ1v) is 6.47. The number of carboxylic acid groups (broad SMARTS) is 1. The lowest BCUT2D eigenvalue weighted by Gasteiger charge is -2.18. The van der Waals surface area contributed by atoms with Gasteiger partial charge in [0.15, 0.2) is 0 Å². The average Bonchev–Trinajstić information content (AvgIpc) is 2.77. The molecule has 2 amide bonds. The Morgan fingerprint density at radius 1 is 1.33 bits per heavy atom. The number of likely N-dealkylation sites (tertiary alicyclic amines) is 1. The highest BCUT2D eigenvalue weighted by molar-refractivity contribution is 5.83. The van der Waals surface area contributed by atoms with Crippen molar-refractivity contribution in [2.24, 2.45) is 0 Å². The van der Waals surface area contributed by atoms with E-state index in [1.165, 1.54) is 24.3 Å². The Morgan fingerprint density at radius 3 is 2.62 bits per heavy atom. The van der Waals surface area contributed by atoms with Gasteiger partial charge in [-0.05, 0) is 37.7 Å². The second-order valence-electron chi connectivity index (χ2n) is 4.96. The molecule has 0 bridgehead atoms. The first kappa shape index (κ1) is 15.0. The van der Waals surface area contributed by atoms with Gasteiger partial charge < -0.3 is 10.4 Å². The van der Waals surface area contributed by atoms with Crippen molar-refractivity contribution in [1.29, 1.82) is 0 Å². The molecular formula is C13H17FN4O3. The number of hydrazine groups is 1. The quantitative estimate of drug-likeness (QED) is 0.611. The van der Waals surface area contributed by atoms with E-state index in [1.807, 2.05) is 0 Å². The van der Waals surface area contributed by atoms with Crippen LogP contribution in [0.25, 0.3) is 0 Å². The van der Waals surface area contributed by atoms with Crippen LogP contribution in [0.3, 0.4) is 0 Å². The van der Waals surface area contributed by atoms with Crippen molar-refractivity contribution in [2.45, 2.75) is 18.5 Å². The Hall–Kier alpha value is -2.35. The SMILES string of the molecule is CN1CC(NC(=O)O)CC1C(=O)NNc1ccc(F)cc1. The highest BCUT2D eigenvalue weighted by Gasteiger charge is 2.35. The number of carbonyl (C=O) groups excluding carboxylic acids is 1. The number of nitrogens with one attached hydrogen (secondary N) is 3. The van der Waals surface area contributed by atoms with E-state index in [2.05, 4.69) is 16.2 Å². The van der Waals surface area contributed by atoms with Crippen molar-refractivity contribution in [2.75, 3.05) is 19.0 Å². The molecule has 1 aromatic rings. The molecular weight excluding hydrogens is 279 g/mol. The summed E-state index contributed by atoms with van der Waals surface area (Å²) in [6, 6.07) is 4.88. The van der Waals surface area contributed by atoms with Gasteiger partial charge in [0.25, 0.3) is 5.91 Å². The molecule has 0 saturated carbocycles. The van der Waals surface area contributed by atoms with Gasteiger partial charge >= 0.3 is 6.09 Å². The molecule has 0 aromatic heterocycles. The topological polar surface area (TPSA) is 93.7 Å². The molecule has 2 unspecified atom stereocenters. The van der Waals surface area contributed by atoms with Crippen LogP contribution in [0.1, 0.15) is 6.42 Å². The first-order chi connectivity index (χ1) is 9.95. The number of halogens is 1. The Labute approximate surface area is 121 Å². The minimum absolute atomic E-state index is 0.267. The number of hydrogen-bond donors (Lipinski definition) is 4. The van der Waals surface area contributed by atoms with Crippen molar-refractivity contribution in [3.8, 4) is 0 Å². The van der Waals surface area contributed by atoms with Gasteiger partial charge in [-0.1, -0.05) is 0 Å². The van der Waals surface area contributed by atoms with Crippen LogP contribution in [0, 0.1) is 5.82 Å². The van der Waals surface area contributed by atoms with E-state index in [0.717, 1.165) is 0 Å². The van der Waals surface area contributed by atoms with Crippen LogP contribution in [0.15, 0.2) is 24.3 Å². The lowest BCUT2D eigenvalue weighted by atomic mass is 10.1. The Kier molecular flexibility index (Phi) is 4.59. The van der Waals surface area contributed by atoms with Gasteiger partial charge in [-0.3, -0.25) is 20.5 Å². The predicted octanol–water partition coefficient (Wildman–Crippen LogP) is 0.609. The van der Waals surface area contributed by atoms with Crippen LogP contribution in [0.5, 0.6) is 0 Å². The van der Waals surface area contributed by atoms with E-state index in [0.29, 0.717) is 18.7 Å². The molecule has 114 valence electrons. The first-order valence-electron chi connectivity index (χ1n) is 6.47. The van der Waals surface area contributed by atoms with Gasteiger partial charge in [-0.15, -0.1) is 0 Å². The van der Waals surface area contributed by atoms with Crippen molar-refractivity contribution in [3.63, 3.8) is 0 Å². The van der Waals surface area contributed by atoms with Crippen LogP contribution >= 0.6 is 0 Å². The molecule has 0 spiro atoms. The number of benzene rings is 1. The maximum atomic E-state index is 12.8. The Morgan fingerprint density at radius 2 is 2.00 bits per heavy atom. The smallest absolute Gasteiger partial charge is 0.404 e. The molecule has 0 aliphatic carbocycles. The molecule has 1 saturated heterocycles. The van der Waals surface area contributed by atoms with E-state index < -0.39 is 12.1 Å². The van der Waals surface area contributed by atoms with Gasteiger partial charge in [0.1, 0.15) is 5.82 Å². The zero-order chi connectivity index (χ0) is 15.4. The maximum absolute atomic E-state index is 12.8. The number of hydrogen-bond acceptors (Lipinski definition) is 4. The number of likely N-dealkylation sites (N-methyl/N-ethyl adjacent to an activating group) is 1. The highest BCUT2D eigenvalue weighted by Crippen LogP contribution is 2.16. The van der Waals surface area contributed by atoms with Gasteiger partial charge in [-0.2, -0.15) is 0 Å². The summed E-state index contributed by atoms with van der Waals surface area (Å²) in [7, 11) is 1.76. The molecule has 2 rings (SSSR count). The fourth-order valence-electron chi connectivity index (χ4n) is 2.34. The Balaban J connectivity index is 1.85. The molecule has 1 aliphatic rings. The third-order valence-electron chi connectivity index (χ3n) is 3.35. The zero-order valence-corrected chi connectivity index (χ0v) is 11.5. The second kappa shape index (κ2) is 6.40. The van der Waals surface area contributed by atoms with Crippen molar-refractivity contribution in [3.05, 3.63) is 30.1 Å². The summed E-state index contributed by atoms with van der Waals surface area (Å²) in [4.78, 5) is 24.4. The number of amides is 2. The number of nitrogens with zero attached hydrogens (tertiary/aromatic N) is 1. The molecule has 8 heteroatoms. The lowest BCUT2D eigenvalue weighted by molar-refractivity contribution is -0.124. The van der Waals surface area contributed by atoms with Crippen molar-refractivity contribution < 1.29 is 19.1 Å². The largest absolute Gasteiger partial charge is 0.465 e. The Bertz CT molecular complexity index is 523. The minimum atomic E-state index is -1.10.